The zero-order valence-electron chi connectivity index (χ0n) is 12.8. The third-order valence-electron chi connectivity index (χ3n) is 3.49. The summed E-state index contributed by atoms with van der Waals surface area (Å²) in [7, 11) is 1.79. The number of benzene rings is 1. The average molecular weight is 330 g/mol. The van der Waals surface area contributed by atoms with Crippen molar-refractivity contribution >= 4 is 34.2 Å². The molecule has 2 aromatic heterocycles. The van der Waals surface area contributed by atoms with Gasteiger partial charge < -0.3 is 15.6 Å². The molecule has 2 heterocycles. The van der Waals surface area contributed by atoms with Crippen molar-refractivity contribution in [2.24, 2.45) is 0 Å². The van der Waals surface area contributed by atoms with Gasteiger partial charge in [0.2, 0.25) is 5.91 Å². The molecule has 23 heavy (non-hydrogen) atoms. The summed E-state index contributed by atoms with van der Waals surface area (Å²) in [6.45, 7) is 1.94. The molecule has 0 unspecified atom stereocenters. The quantitative estimate of drug-likeness (QED) is 0.687. The summed E-state index contributed by atoms with van der Waals surface area (Å²) in [5.74, 6) is 0.630. The standard InChI is InChI=1S/C16H16ClN5O/c1-9(23)19-8-11-5-10-6-13(17)12(7-15(10)20-11)14-3-4-16(18-2)22-21-14/h3-7,20H,8H2,1-2H3,(H,18,22)(H,19,23). The van der Waals surface area contributed by atoms with Gasteiger partial charge in [0, 0.05) is 36.1 Å². The lowest BCUT2D eigenvalue weighted by Crippen LogP contribution is -2.18. The molecule has 0 atom stereocenters. The highest BCUT2D eigenvalue weighted by Crippen LogP contribution is 2.31. The second-order valence-corrected chi connectivity index (χ2v) is 5.58. The number of anilines is 1. The van der Waals surface area contributed by atoms with Gasteiger partial charge in [-0.2, -0.15) is 0 Å². The van der Waals surface area contributed by atoms with Crippen molar-refractivity contribution in [2.45, 2.75) is 13.5 Å². The van der Waals surface area contributed by atoms with E-state index in [1.54, 1.807) is 7.05 Å². The molecule has 3 aromatic rings. The van der Waals surface area contributed by atoms with Crippen LogP contribution in [0.5, 0.6) is 0 Å². The van der Waals surface area contributed by atoms with Crippen molar-refractivity contribution in [3.05, 3.63) is 41.0 Å². The van der Waals surface area contributed by atoms with Crippen LogP contribution in [0, 0.1) is 0 Å². The predicted molar refractivity (Wildman–Crippen MR) is 91.4 cm³/mol. The number of rotatable bonds is 4. The molecule has 118 valence electrons. The fourth-order valence-electron chi connectivity index (χ4n) is 2.33. The number of halogens is 1. The van der Waals surface area contributed by atoms with Crippen LogP contribution >= 0.6 is 11.6 Å². The highest BCUT2D eigenvalue weighted by atomic mass is 35.5. The Hall–Kier alpha value is -2.60. The zero-order valence-corrected chi connectivity index (χ0v) is 13.5. The maximum absolute atomic E-state index is 11.0. The third kappa shape index (κ3) is 3.27. The minimum atomic E-state index is -0.0673. The number of carbonyl (C=O) groups excluding carboxylic acids is 1. The Bertz CT molecular complexity index is 857. The summed E-state index contributed by atoms with van der Waals surface area (Å²) in [6, 6.07) is 9.51. The van der Waals surface area contributed by atoms with Gasteiger partial charge in [-0.05, 0) is 30.3 Å². The maximum atomic E-state index is 11.0. The Morgan fingerprint density at radius 3 is 2.74 bits per heavy atom. The van der Waals surface area contributed by atoms with E-state index in [1.807, 2.05) is 30.3 Å². The van der Waals surface area contributed by atoms with Crippen LogP contribution in [0.15, 0.2) is 30.3 Å². The first-order valence-electron chi connectivity index (χ1n) is 7.14. The fourth-order valence-corrected chi connectivity index (χ4v) is 2.60. The van der Waals surface area contributed by atoms with Crippen molar-refractivity contribution in [3.8, 4) is 11.3 Å². The van der Waals surface area contributed by atoms with E-state index >= 15 is 0 Å². The lowest BCUT2D eigenvalue weighted by Gasteiger charge is -2.04. The van der Waals surface area contributed by atoms with Gasteiger partial charge in [-0.25, -0.2) is 0 Å². The molecule has 0 aliphatic rings. The molecule has 0 radical (unpaired) electrons. The predicted octanol–water partition coefficient (Wildman–Crippen LogP) is 2.96. The van der Waals surface area contributed by atoms with Gasteiger partial charge in [-0.1, -0.05) is 11.6 Å². The number of hydrogen-bond donors (Lipinski definition) is 3. The van der Waals surface area contributed by atoms with Crippen LogP contribution < -0.4 is 10.6 Å². The smallest absolute Gasteiger partial charge is 0.217 e. The van der Waals surface area contributed by atoms with E-state index in [9.17, 15) is 4.79 Å². The Morgan fingerprint density at radius 2 is 2.09 bits per heavy atom. The summed E-state index contributed by atoms with van der Waals surface area (Å²) in [6.07, 6.45) is 0. The van der Waals surface area contributed by atoms with Gasteiger partial charge in [0.15, 0.2) is 0 Å². The fraction of sp³-hybridized carbons (Fsp3) is 0.188. The van der Waals surface area contributed by atoms with E-state index in [2.05, 4.69) is 25.8 Å². The summed E-state index contributed by atoms with van der Waals surface area (Å²) in [5.41, 5.74) is 3.36. The van der Waals surface area contributed by atoms with Crippen molar-refractivity contribution in [1.82, 2.24) is 20.5 Å². The van der Waals surface area contributed by atoms with Crippen LogP contribution in [-0.2, 0) is 11.3 Å². The first-order valence-corrected chi connectivity index (χ1v) is 7.52. The summed E-state index contributed by atoms with van der Waals surface area (Å²) >= 11 is 6.38. The minimum absolute atomic E-state index is 0.0673. The molecular weight excluding hydrogens is 314 g/mol. The molecule has 0 aliphatic carbocycles. The summed E-state index contributed by atoms with van der Waals surface area (Å²) < 4.78 is 0. The number of H-pyrrole nitrogens is 1. The van der Waals surface area contributed by atoms with E-state index in [1.165, 1.54) is 6.92 Å². The van der Waals surface area contributed by atoms with Gasteiger partial charge in [0.25, 0.3) is 0 Å². The van der Waals surface area contributed by atoms with E-state index in [0.29, 0.717) is 23.1 Å². The van der Waals surface area contributed by atoms with Crippen molar-refractivity contribution < 1.29 is 4.79 Å². The first-order chi connectivity index (χ1) is 11.1. The molecule has 0 saturated heterocycles. The number of fused-ring (bicyclic) bond motifs is 1. The van der Waals surface area contributed by atoms with Crippen LogP contribution in [0.3, 0.4) is 0 Å². The zero-order chi connectivity index (χ0) is 16.4. The van der Waals surface area contributed by atoms with Crippen LogP contribution in [0.4, 0.5) is 5.82 Å². The van der Waals surface area contributed by atoms with Crippen molar-refractivity contribution in [3.63, 3.8) is 0 Å². The molecule has 0 saturated carbocycles. The number of aromatic nitrogens is 3. The molecule has 3 N–H and O–H groups in total. The molecule has 1 aromatic carbocycles. The lowest BCUT2D eigenvalue weighted by molar-refractivity contribution is -0.119. The third-order valence-corrected chi connectivity index (χ3v) is 3.80. The Kier molecular flexibility index (Phi) is 4.16. The van der Waals surface area contributed by atoms with E-state index < -0.39 is 0 Å². The molecule has 6 nitrogen and oxygen atoms in total. The maximum Gasteiger partial charge on any atom is 0.217 e. The van der Waals surface area contributed by atoms with Gasteiger partial charge in [-0.15, -0.1) is 10.2 Å². The molecular formula is C16H16ClN5O. The molecule has 0 spiro atoms. The molecule has 1 amide bonds. The number of carbonyl (C=O) groups is 1. The number of hydrogen-bond acceptors (Lipinski definition) is 4. The summed E-state index contributed by atoms with van der Waals surface area (Å²) in [4.78, 5) is 14.3. The average Bonchev–Trinajstić information content (AvgIpc) is 2.94. The highest BCUT2D eigenvalue weighted by molar-refractivity contribution is 6.34. The van der Waals surface area contributed by atoms with Gasteiger partial charge in [0.1, 0.15) is 5.82 Å². The van der Waals surface area contributed by atoms with Crippen molar-refractivity contribution in [1.29, 1.82) is 0 Å². The monoisotopic (exact) mass is 329 g/mol. The first kappa shape index (κ1) is 15.3. The van der Waals surface area contributed by atoms with Gasteiger partial charge in [-0.3, -0.25) is 4.79 Å². The van der Waals surface area contributed by atoms with Crippen LogP contribution in [0.1, 0.15) is 12.6 Å². The Labute approximate surface area is 138 Å². The summed E-state index contributed by atoms with van der Waals surface area (Å²) in [5, 5.41) is 15.5. The highest BCUT2D eigenvalue weighted by Gasteiger charge is 2.10. The second-order valence-electron chi connectivity index (χ2n) is 5.18. The largest absolute Gasteiger partial charge is 0.372 e. The lowest BCUT2D eigenvalue weighted by atomic mass is 10.1. The van der Waals surface area contributed by atoms with Crippen molar-refractivity contribution in [2.75, 3.05) is 12.4 Å². The van der Waals surface area contributed by atoms with E-state index in [-0.39, 0.29) is 5.91 Å². The second kappa shape index (κ2) is 6.26. The van der Waals surface area contributed by atoms with Crippen LogP contribution in [0.25, 0.3) is 22.2 Å². The van der Waals surface area contributed by atoms with E-state index in [4.69, 9.17) is 11.6 Å². The van der Waals surface area contributed by atoms with Crippen LogP contribution in [-0.4, -0.2) is 28.1 Å². The molecule has 7 heteroatoms. The molecule has 0 bridgehead atoms. The Balaban J connectivity index is 1.97. The van der Waals surface area contributed by atoms with Gasteiger partial charge in [0.05, 0.1) is 17.3 Å². The van der Waals surface area contributed by atoms with Crippen LogP contribution in [0.2, 0.25) is 5.02 Å². The molecule has 3 rings (SSSR count). The minimum Gasteiger partial charge on any atom is -0.372 e. The number of aromatic amines is 1. The molecule has 0 aliphatic heterocycles. The normalized spacial score (nSPS) is 10.7. The van der Waals surface area contributed by atoms with E-state index in [0.717, 1.165) is 22.2 Å². The number of amides is 1. The number of nitrogens with one attached hydrogen (secondary N) is 3. The SMILES string of the molecule is CNc1ccc(-c2cc3[nH]c(CNC(C)=O)cc3cc2Cl)nn1. The Morgan fingerprint density at radius 1 is 1.26 bits per heavy atom. The number of nitrogens with zero attached hydrogens (tertiary/aromatic N) is 2. The topological polar surface area (TPSA) is 82.7 Å². The van der Waals surface area contributed by atoms with Gasteiger partial charge >= 0.3 is 0 Å². The molecule has 0 fully saturated rings.